The Balaban J connectivity index is 1.51. The highest BCUT2D eigenvalue weighted by Gasteiger charge is 2.13. The monoisotopic (exact) mass is 414 g/mol. The second-order valence-corrected chi connectivity index (χ2v) is 8.19. The third kappa shape index (κ3) is 3.17. The zero-order chi connectivity index (χ0) is 21.5. The van der Waals surface area contributed by atoms with E-state index in [9.17, 15) is 0 Å². The van der Waals surface area contributed by atoms with Gasteiger partial charge in [-0.05, 0) is 53.9 Å². The lowest BCUT2D eigenvalue weighted by atomic mass is 10.0. The van der Waals surface area contributed by atoms with Gasteiger partial charge in [0, 0.05) is 34.7 Å². The summed E-state index contributed by atoms with van der Waals surface area (Å²) in [4.78, 5) is 4.53. The van der Waals surface area contributed by atoms with E-state index in [2.05, 4.69) is 105 Å². The summed E-state index contributed by atoms with van der Waals surface area (Å²) < 4.78 is 2.42. The maximum atomic E-state index is 4.53. The molecule has 0 aliphatic heterocycles. The van der Waals surface area contributed by atoms with Crippen LogP contribution in [-0.2, 0) is 6.54 Å². The van der Waals surface area contributed by atoms with Crippen LogP contribution in [0, 0.1) is 6.92 Å². The maximum absolute atomic E-state index is 4.53. The van der Waals surface area contributed by atoms with Gasteiger partial charge >= 0.3 is 0 Å². The first-order valence-electron chi connectivity index (χ1n) is 10.8. The molecule has 0 aliphatic carbocycles. The van der Waals surface area contributed by atoms with Gasteiger partial charge in [-0.1, -0.05) is 60.7 Å². The predicted molar refractivity (Wildman–Crippen MR) is 131 cm³/mol. The van der Waals surface area contributed by atoms with Gasteiger partial charge in [0.15, 0.2) is 0 Å². The Hall–Kier alpha value is -4.18. The Morgan fingerprint density at radius 3 is 2.34 bits per heavy atom. The Morgan fingerprint density at radius 2 is 1.50 bits per heavy atom. The van der Waals surface area contributed by atoms with Crippen molar-refractivity contribution in [3.63, 3.8) is 0 Å². The normalized spacial score (nSPS) is 11.4. The Labute approximate surface area is 186 Å². The van der Waals surface area contributed by atoms with Gasteiger partial charge in [-0.25, -0.2) is 0 Å². The number of hydrogen-bond acceptors (Lipinski definition) is 2. The maximum Gasteiger partial charge on any atom is 0.111 e. The number of benzene rings is 3. The summed E-state index contributed by atoms with van der Waals surface area (Å²) in [5, 5.41) is 9.93. The van der Waals surface area contributed by atoms with E-state index in [0.717, 1.165) is 29.2 Å². The minimum atomic E-state index is 0.836. The molecule has 0 radical (unpaired) electrons. The number of nitrogens with zero attached hydrogens (tertiary/aromatic N) is 3. The van der Waals surface area contributed by atoms with Gasteiger partial charge in [0.25, 0.3) is 0 Å². The van der Waals surface area contributed by atoms with Crippen LogP contribution in [0.15, 0.2) is 97.2 Å². The number of hydrogen-bond donors (Lipinski definition) is 1. The number of aromatic amines is 1. The van der Waals surface area contributed by atoms with E-state index in [-0.39, 0.29) is 0 Å². The fourth-order valence-corrected chi connectivity index (χ4v) is 4.46. The average molecular weight is 415 g/mol. The molecule has 4 heteroatoms. The van der Waals surface area contributed by atoms with Crippen molar-refractivity contribution in [2.75, 3.05) is 0 Å². The predicted octanol–water partition coefficient (Wildman–Crippen LogP) is 6.60. The molecule has 0 aliphatic rings. The molecule has 3 aromatic heterocycles. The van der Waals surface area contributed by atoms with Crippen molar-refractivity contribution in [2.24, 2.45) is 0 Å². The van der Waals surface area contributed by atoms with Crippen LogP contribution < -0.4 is 0 Å². The summed E-state index contributed by atoms with van der Waals surface area (Å²) in [6.07, 6.45) is 1.86. The van der Waals surface area contributed by atoms with Crippen LogP contribution in [0.1, 0.15) is 11.3 Å². The number of para-hydroxylation sites is 1. The van der Waals surface area contributed by atoms with E-state index in [1.165, 1.54) is 32.9 Å². The van der Waals surface area contributed by atoms with Crippen LogP contribution in [0.2, 0.25) is 0 Å². The molecule has 1 N–H and O–H groups in total. The Kier molecular flexibility index (Phi) is 4.36. The smallest absolute Gasteiger partial charge is 0.111 e. The molecule has 0 spiro atoms. The van der Waals surface area contributed by atoms with Crippen molar-refractivity contribution < 1.29 is 0 Å². The second kappa shape index (κ2) is 7.50. The first kappa shape index (κ1) is 18.6. The Morgan fingerprint density at radius 1 is 0.719 bits per heavy atom. The average Bonchev–Trinajstić information content (AvgIpc) is 3.41. The molecule has 0 bridgehead atoms. The van der Waals surface area contributed by atoms with E-state index < -0.39 is 0 Å². The van der Waals surface area contributed by atoms with Crippen LogP contribution in [0.4, 0.5) is 0 Å². The van der Waals surface area contributed by atoms with Crippen molar-refractivity contribution in [1.82, 2.24) is 19.7 Å². The molecule has 154 valence electrons. The van der Waals surface area contributed by atoms with Crippen LogP contribution in [0.25, 0.3) is 44.3 Å². The highest BCUT2D eigenvalue weighted by Crippen LogP contribution is 2.33. The standard InChI is InChI=1S/C28H22N4/c1-19-15-26(31-30-19)25-16-22(13-14-29-25)21-11-12-24-23-9-5-6-10-27(23)32(28(24)17-21)18-20-7-3-2-4-8-20/h2-17H,18H2,1H3,(H,30,31). The van der Waals surface area contributed by atoms with Gasteiger partial charge in [0.05, 0.1) is 11.2 Å². The number of fused-ring (bicyclic) bond motifs is 3. The first-order valence-corrected chi connectivity index (χ1v) is 10.8. The van der Waals surface area contributed by atoms with Gasteiger partial charge < -0.3 is 4.57 Å². The summed E-state index contributed by atoms with van der Waals surface area (Å²) in [7, 11) is 0. The third-order valence-corrected chi connectivity index (χ3v) is 6.02. The summed E-state index contributed by atoms with van der Waals surface area (Å²) in [6.45, 7) is 2.84. The lowest BCUT2D eigenvalue weighted by Crippen LogP contribution is -1.99. The van der Waals surface area contributed by atoms with Gasteiger partial charge in [0.1, 0.15) is 5.69 Å². The lowest BCUT2D eigenvalue weighted by Gasteiger charge is -2.09. The second-order valence-electron chi connectivity index (χ2n) is 8.19. The number of pyridine rings is 1. The largest absolute Gasteiger partial charge is 0.336 e. The van der Waals surface area contributed by atoms with Crippen molar-refractivity contribution in [1.29, 1.82) is 0 Å². The topological polar surface area (TPSA) is 46.5 Å². The molecule has 0 saturated heterocycles. The molecular formula is C28H22N4. The van der Waals surface area contributed by atoms with Crippen LogP contribution in [0.3, 0.4) is 0 Å². The van der Waals surface area contributed by atoms with Gasteiger partial charge in [-0.3, -0.25) is 10.1 Å². The van der Waals surface area contributed by atoms with E-state index in [0.29, 0.717) is 0 Å². The quantitative estimate of drug-likeness (QED) is 0.353. The lowest BCUT2D eigenvalue weighted by molar-refractivity contribution is 0.869. The van der Waals surface area contributed by atoms with Gasteiger partial charge in [-0.15, -0.1) is 0 Å². The summed E-state index contributed by atoms with van der Waals surface area (Å²) >= 11 is 0. The molecule has 0 fully saturated rings. The zero-order valence-corrected chi connectivity index (χ0v) is 17.8. The van der Waals surface area contributed by atoms with E-state index in [4.69, 9.17) is 0 Å². The Bertz CT molecular complexity index is 1560. The molecule has 3 aromatic carbocycles. The highest BCUT2D eigenvalue weighted by molar-refractivity contribution is 6.09. The minimum Gasteiger partial charge on any atom is -0.336 e. The first-order chi connectivity index (χ1) is 15.8. The van der Waals surface area contributed by atoms with Crippen molar-refractivity contribution in [3.05, 3.63) is 108 Å². The molecule has 3 heterocycles. The molecule has 6 aromatic rings. The van der Waals surface area contributed by atoms with Crippen LogP contribution in [-0.4, -0.2) is 19.7 Å². The summed E-state index contributed by atoms with van der Waals surface area (Å²) in [5.41, 5.74) is 8.85. The van der Waals surface area contributed by atoms with Gasteiger partial charge in [0.2, 0.25) is 0 Å². The molecule has 0 amide bonds. The number of H-pyrrole nitrogens is 1. The molecule has 32 heavy (non-hydrogen) atoms. The van der Waals surface area contributed by atoms with Crippen LogP contribution >= 0.6 is 0 Å². The SMILES string of the molecule is Cc1cc(-c2cc(-c3ccc4c5ccccc5n(Cc5ccccc5)c4c3)ccn2)n[nH]1. The third-order valence-electron chi connectivity index (χ3n) is 6.02. The van der Waals surface area contributed by atoms with E-state index in [1.54, 1.807) is 0 Å². The van der Waals surface area contributed by atoms with Gasteiger partial charge in [-0.2, -0.15) is 5.10 Å². The fourth-order valence-electron chi connectivity index (χ4n) is 4.46. The van der Waals surface area contributed by atoms with E-state index >= 15 is 0 Å². The van der Waals surface area contributed by atoms with Crippen molar-refractivity contribution >= 4 is 21.8 Å². The fraction of sp³-hybridized carbons (Fsp3) is 0.0714. The van der Waals surface area contributed by atoms with Crippen LogP contribution in [0.5, 0.6) is 0 Å². The summed E-state index contributed by atoms with van der Waals surface area (Å²) in [5.74, 6) is 0. The minimum absolute atomic E-state index is 0.836. The molecule has 6 rings (SSSR count). The number of aryl methyl sites for hydroxylation is 1. The molecular weight excluding hydrogens is 392 g/mol. The van der Waals surface area contributed by atoms with Crippen molar-refractivity contribution in [2.45, 2.75) is 13.5 Å². The summed E-state index contributed by atoms with van der Waals surface area (Å²) in [6, 6.07) is 32.2. The molecule has 0 saturated carbocycles. The molecule has 4 nitrogen and oxygen atoms in total. The number of nitrogens with one attached hydrogen (secondary N) is 1. The highest BCUT2D eigenvalue weighted by atomic mass is 15.1. The van der Waals surface area contributed by atoms with E-state index in [1.807, 2.05) is 19.2 Å². The number of aromatic nitrogens is 4. The number of rotatable bonds is 4. The molecule has 0 unspecified atom stereocenters. The zero-order valence-electron chi connectivity index (χ0n) is 17.8. The molecule has 0 atom stereocenters. The van der Waals surface area contributed by atoms with Crippen molar-refractivity contribution in [3.8, 4) is 22.5 Å².